The molecule has 1 saturated heterocycles. The van der Waals surface area contributed by atoms with Crippen molar-refractivity contribution in [3.63, 3.8) is 0 Å². The zero-order valence-electron chi connectivity index (χ0n) is 18.5. The molecule has 6 nitrogen and oxygen atoms in total. The minimum absolute atomic E-state index is 0.233. The number of carbonyl (C=O) groups excluding carboxylic acids is 2. The first-order valence-corrected chi connectivity index (χ1v) is 17.0. The van der Waals surface area contributed by atoms with Gasteiger partial charge < -0.3 is 12.3 Å². The quantitative estimate of drug-likeness (QED) is 0.469. The molecule has 0 aliphatic carbocycles. The summed E-state index contributed by atoms with van der Waals surface area (Å²) in [7, 11) is -6.79. The summed E-state index contributed by atoms with van der Waals surface area (Å²) in [6, 6.07) is 1.97. The van der Waals surface area contributed by atoms with Crippen LogP contribution in [0, 0.1) is 0 Å². The van der Waals surface area contributed by atoms with Crippen molar-refractivity contribution in [2.24, 2.45) is 0 Å². The number of carbonyl (C=O) groups is 2. The Bertz CT molecular complexity index is 829. The monoisotopic (exact) mass is 451 g/mol. The second-order valence-electron chi connectivity index (χ2n) is 8.42. The lowest BCUT2D eigenvalue weighted by molar-refractivity contribution is 0.0689. The van der Waals surface area contributed by atoms with Crippen molar-refractivity contribution in [1.29, 1.82) is 0 Å². The highest BCUT2D eigenvalue weighted by molar-refractivity contribution is 6.86. The lowest BCUT2D eigenvalue weighted by atomic mass is 9.86. The zero-order chi connectivity index (χ0) is 21.4. The maximum atomic E-state index is 13.6. The Morgan fingerprint density at radius 1 is 0.897 bits per heavy atom. The summed E-state index contributed by atoms with van der Waals surface area (Å²) < 4.78 is 19.3. The van der Waals surface area contributed by atoms with E-state index in [1.54, 1.807) is 0 Å². The fourth-order valence-electron chi connectivity index (χ4n) is 4.43. The molecule has 1 aromatic rings. The van der Waals surface area contributed by atoms with E-state index in [1.807, 2.05) is 25.7 Å². The van der Waals surface area contributed by atoms with Crippen LogP contribution in [0.2, 0.25) is 19.6 Å². The number of amides is 2. The number of hydrogen-bond acceptors (Lipinski definition) is 5. The van der Waals surface area contributed by atoms with Gasteiger partial charge in [0.2, 0.25) is 0 Å². The number of aryl methyl sites for hydroxylation is 1. The summed E-state index contributed by atoms with van der Waals surface area (Å²) >= 11 is 0. The summed E-state index contributed by atoms with van der Waals surface area (Å²) in [5, 5.41) is 0. The van der Waals surface area contributed by atoms with Crippen LogP contribution in [-0.2, 0) is 31.6 Å². The first-order valence-electron chi connectivity index (χ1n) is 10.7. The van der Waals surface area contributed by atoms with Crippen molar-refractivity contribution in [1.82, 2.24) is 4.57 Å². The molecule has 0 spiro atoms. The Kier molecular flexibility index (Phi) is 6.66. The predicted molar refractivity (Wildman–Crippen MR) is 120 cm³/mol. The Morgan fingerprint density at radius 3 is 2.10 bits per heavy atom. The molecule has 1 atom stereocenters. The van der Waals surface area contributed by atoms with Crippen molar-refractivity contribution >= 4 is 39.1 Å². The molecule has 2 aliphatic heterocycles. The average molecular weight is 452 g/mol. The molecule has 0 aromatic heterocycles. The van der Waals surface area contributed by atoms with Gasteiger partial charge in [-0.1, -0.05) is 40.0 Å². The van der Waals surface area contributed by atoms with Gasteiger partial charge in [0, 0.05) is 0 Å². The molecule has 1 aromatic carbocycles. The molecule has 0 N–H and O–H groups in total. The molecule has 1 unspecified atom stereocenters. The van der Waals surface area contributed by atoms with Crippen LogP contribution in [0.4, 0.5) is 0 Å². The van der Waals surface area contributed by atoms with Crippen molar-refractivity contribution in [3.05, 3.63) is 33.9 Å². The predicted octanol–water partition coefficient (Wildman–Crippen LogP) is 3.47. The summed E-state index contributed by atoms with van der Waals surface area (Å²) in [6.45, 7) is 12.1. The van der Waals surface area contributed by atoms with E-state index in [1.165, 1.54) is 15.7 Å². The molecule has 2 amide bonds. The molecule has 9 heteroatoms. The lowest BCUT2D eigenvalue weighted by Gasteiger charge is -2.43. The standard InChI is InChI=1S/C20H33NO5Si3/c1-7-10-14-13-17-18(16(12-9-3)15(14)11-8-2)20(23)21(19(17)22)29(6)25-27-24-28(4,5)26-29/h13H,7-12,27H2,1-6H3. The van der Waals surface area contributed by atoms with Crippen molar-refractivity contribution < 1.29 is 21.9 Å². The number of fused-ring (bicyclic) bond motifs is 1. The van der Waals surface area contributed by atoms with Gasteiger partial charge in [-0.05, 0) is 61.7 Å². The molecule has 1 fully saturated rings. The molecule has 2 aliphatic rings. The largest absolute Gasteiger partial charge is 0.447 e. The van der Waals surface area contributed by atoms with Crippen LogP contribution in [0.3, 0.4) is 0 Å². The van der Waals surface area contributed by atoms with Gasteiger partial charge >= 0.3 is 17.3 Å². The van der Waals surface area contributed by atoms with Gasteiger partial charge in [0.25, 0.3) is 21.8 Å². The number of benzene rings is 1. The molecule has 0 radical (unpaired) electrons. The van der Waals surface area contributed by atoms with E-state index in [-0.39, 0.29) is 11.8 Å². The van der Waals surface area contributed by atoms with Crippen LogP contribution < -0.4 is 0 Å². The van der Waals surface area contributed by atoms with E-state index in [4.69, 9.17) is 12.3 Å². The lowest BCUT2D eigenvalue weighted by Crippen LogP contribution is -2.67. The van der Waals surface area contributed by atoms with Crippen molar-refractivity contribution in [2.75, 3.05) is 0 Å². The van der Waals surface area contributed by atoms with Gasteiger partial charge in [0.1, 0.15) is 0 Å². The average Bonchev–Trinajstić information content (AvgIpc) is 2.88. The molecule has 3 rings (SSSR count). The van der Waals surface area contributed by atoms with E-state index in [9.17, 15) is 9.59 Å². The van der Waals surface area contributed by atoms with Crippen molar-refractivity contribution in [3.8, 4) is 0 Å². The molecule has 2 heterocycles. The van der Waals surface area contributed by atoms with Gasteiger partial charge in [-0.3, -0.25) is 14.2 Å². The van der Waals surface area contributed by atoms with E-state index in [0.717, 1.165) is 44.1 Å². The van der Waals surface area contributed by atoms with E-state index >= 15 is 0 Å². The molecule has 0 saturated carbocycles. The minimum atomic E-state index is -3.15. The Balaban J connectivity index is 2.14. The van der Waals surface area contributed by atoms with Crippen LogP contribution in [0.1, 0.15) is 77.4 Å². The molecular formula is C20H33NO5Si3. The SMILES string of the molecule is CCCc1cc2c(c(CCC)c1CCC)C(=O)N([Si]1(C)O[SiH2]O[Si](C)(C)O1)C2=O. The fourth-order valence-corrected chi connectivity index (χ4v) is 14.2. The van der Waals surface area contributed by atoms with E-state index < -0.39 is 27.3 Å². The van der Waals surface area contributed by atoms with Crippen LogP contribution >= 0.6 is 0 Å². The fraction of sp³-hybridized carbons (Fsp3) is 0.600. The van der Waals surface area contributed by atoms with Gasteiger partial charge in [-0.15, -0.1) is 0 Å². The third-order valence-electron chi connectivity index (χ3n) is 5.59. The maximum Gasteiger partial charge on any atom is 0.447 e. The Morgan fingerprint density at radius 2 is 1.52 bits per heavy atom. The molecule has 160 valence electrons. The molecule has 0 bridgehead atoms. The molecule has 29 heavy (non-hydrogen) atoms. The van der Waals surface area contributed by atoms with Gasteiger partial charge in [-0.2, -0.15) is 0 Å². The summed E-state index contributed by atoms with van der Waals surface area (Å²) in [6.07, 6.45) is 5.61. The van der Waals surface area contributed by atoms with Gasteiger partial charge in [0.15, 0.2) is 0 Å². The van der Waals surface area contributed by atoms with Crippen LogP contribution in [0.15, 0.2) is 6.07 Å². The highest BCUT2D eigenvalue weighted by Crippen LogP contribution is 2.37. The van der Waals surface area contributed by atoms with Crippen LogP contribution in [0.25, 0.3) is 0 Å². The van der Waals surface area contributed by atoms with Crippen LogP contribution in [-0.4, -0.2) is 43.7 Å². The van der Waals surface area contributed by atoms with Gasteiger partial charge in [0.05, 0.1) is 11.1 Å². The second kappa shape index (κ2) is 8.56. The maximum absolute atomic E-state index is 13.6. The topological polar surface area (TPSA) is 65.1 Å². The highest BCUT2D eigenvalue weighted by atomic mass is 28.5. The summed E-state index contributed by atoms with van der Waals surface area (Å²) in [5.41, 5.74) is 4.67. The summed E-state index contributed by atoms with van der Waals surface area (Å²) in [4.78, 5) is 27.1. The van der Waals surface area contributed by atoms with E-state index in [0.29, 0.717) is 11.1 Å². The van der Waals surface area contributed by atoms with Crippen LogP contribution in [0.5, 0.6) is 0 Å². The number of imide groups is 1. The molecular weight excluding hydrogens is 418 g/mol. The normalized spacial score (nSPS) is 24.4. The van der Waals surface area contributed by atoms with Gasteiger partial charge in [-0.25, -0.2) is 0 Å². The first-order chi connectivity index (χ1) is 13.7. The Hall–Kier alpha value is -1.11. The summed E-state index contributed by atoms with van der Waals surface area (Å²) in [5.74, 6) is -0.485. The minimum Gasteiger partial charge on any atom is -0.420 e. The number of rotatable bonds is 7. The Labute approximate surface area is 178 Å². The zero-order valence-corrected chi connectivity index (χ0v) is 21.9. The van der Waals surface area contributed by atoms with E-state index in [2.05, 4.69) is 20.8 Å². The second-order valence-corrected chi connectivity index (χ2v) is 16.8. The number of hydrogen-bond donors (Lipinski definition) is 0. The number of nitrogens with zero attached hydrogens (tertiary/aromatic N) is 1. The van der Waals surface area contributed by atoms with Crippen molar-refractivity contribution in [2.45, 2.75) is 78.9 Å². The smallest absolute Gasteiger partial charge is 0.420 e. The third kappa shape index (κ3) is 4.08. The first kappa shape index (κ1) is 22.6. The third-order valence-corrected chi connectivity index (χ3v) is 16.2. The highest BCUT2D eigenvalue weighted by Gasteiger charge is 2.57.